The number of benzene rings is 2. The highest BCUT2D eigenvalue weighted by molar-refractivity contribution is 5.98. The zero-order valence-electron chi connectivity index (χ0n) is 15.5. The predicted molar refractivity (Wildman–Crippen MR) is 106 cm³/mol. The van der Waals surface area contributed by atoms with Crippen molar-refractivity contribution in [2.75, 3.05) is 13.6 Å². The summed E-state index contributed by atoms with van der Waals surface area (Å²) in [6.45, 7) is 0.334. The van der Waals surface area contributed by atoms with Crippen molar-refractivity contribution < 1.29 is 14.3 Å². The fourth-order valence-corrected chi connectivity index (χ4v) is 3.55. The van der Waals surface area contributed by atoms with Gasteiger partial charge in [-0.05, 0) is 24.3 Å². The molecule has 1 aliphatic rings. The van der Waals surface area contributed by atoms with Crippen molar-refractivity contribution >= 4 is 22.7 Å². The molecule has 0 aliphatic carbocycles. The first kappa shape index (κ1) is 18.0. The number of amides is 2. The van der Waals surface area contributed by atoms with Crippen LogP contribution in [-0.4, -0.2) is 47.4 Å². The molecule has 0 radical (unpaired) electrons. The molecule has 3 aromatic rings. The number of ether oxygens (including phenoxy) is 1. The maximum atomic E-state index is 13.1. The van der Waals surface area contributed by atoms with Gasteiger partial charge in [0, 0.05) is 18.9 Å². The van der Waals surface area contributed by atoms with Crippen molar-refractivity contribution in [2.45, 2.75) is 18.6 Å². The number of hydrogen-bond acceptors (Lipinski definition) is 4. The van der Waals surface area contributed by atoms with Gasteiger partial charge >= 0.3 is 0 Å². The Bertz CT molecular complexity index is 1010. The van der Waals surface area contributed by atoms with E-state index in [1.165, 1.54) is 0 Å². The Labute approximate surface area is 163 Å². The molecule has 4 rings (SSSR count). The third-order valence-electron chi connectivity index (χ3n) is 4.94. The molecule has 1 saturated heterocycles. The topological polar surface area (TPSA) is 71.5 Å². The minimum atomic E-state index is -0.584. The molecular formula is C22H21N3O3. The van der Waals surface area contributed by atoms with Crippen LogP contribution in [-0.2, 0) is 4.79 Å². The number of para-hydroxylation sites is 2. The zero-order chi connectivity index (χ0) is 19.5. The Hall–Kier alpha value is -3.41. The molecule has 2 amide bonds. The van der Waals surface area contributed by atoms with E-state index in [9.17, 15) is 9.59 Å². The average molecular weight is 375 g/mol. The van der Waals surface area contributed by atoms with Gasteiger partial charge in [-0.3, -0.25) is 9.59 Å². The van der Waals surface area contributed by atoms with Gasteiger partial charge in [-0.2, -0.15) is 0 Å². The second-order valence-corrected chi connectivity index (χ2v) is 6.77. The summed E-state index contributed by atoms with van der Waals surface area (Å²) in [5.41, 5.74) is 1.08. The van der Waals surface area contributed by atoms with Crippen LogP contribution in [0.5, 0.6) is 5.75 Å². The maximum absolute atomic E-state index is 13.1. The Morgan fingerprint density at radius 1 is 1.04 bits per heavy atom. The van der Waals surface area contributed by atoms with E-state index < -0.39 is 6.04 Å². The van der Waals surface area contributed by atoms with Crippen LogP contribution in [0.4, 0.5) is 0 Å². The number of hydrogen-bond donors (Lipinski definition) is 1. The van der Waals surface area contributed by atoms with Crippen LogP contribution in [0, 0.1) is 0 Å². The fourth-order valence-electron chi connectivity index (χ4n) is 3.55. The second kappa shape index (κ2) is 7.68. The number of pyridine rings is 1. The highest BCUT2D eigenvalue weighted by Gasteiger charge is 2.41. The molecule has 2 aromatic carbocycles. The number of fused-ring (bicyclic) bond motifs is 1. The molecule has 1 fully saturated rings. The molecule has 142 valence electrons. The number of aromatic nitrogens is 1. The van der Waals surface area contributed by atoms with Crippen molar-refractivity contribution in [3.8, 4) is 5.75 Å². The van der Waals surface area contributed by atoms with Crippen LogP contribution < -0.4 is 10.1 Å². The van der Waals surface area contributed by atoms with E-state index in [0.29, 0.717) is 18.7 Å². The Morgan fingerprint density at radius 2 is 1.79 bits per heavy atom. The summed E-state index contributed by atoms with van der Waals surface area (Å²) in [7, 11) is 1.57. The molecule has 1 aliphatic heterocycles. The lowest BCUT2D eigenvalue weighted by molar-refractivity contribution is -0.124. The third kappa shape index (κ3) is 3.53. The minimum absolute atomic E-state index is 0.201. The molecule has 6 nitrogen and oxygen atoms in total. The first-order chi connectivity index (χ1) is 13.7. The normalized spacial score (nSPS) is 18.8. The standard InChI is InChI=1S/C22H21N3O3/c1-23-21(26)20-13-17(28-16-8-3-2-4-9-16)14-25(20)22(27)19-12-11-15-7-5-6-10-18(15)24-19/h2-12,17,20H,13-14H2,1H3,(H,23,26). The molecule has 0 bridgehead atoms. The first-order valence-corrected chi connectivity index (χ1v) is 9.26. The molecule has 2 atom stereocenters. The van der Waals surface area contributed by atoms with E-state index in [4.69, 9.17) is 4.74 Å². The average Bonchev–Trinajstić information content (AvgIpc) is 3.16. The number of likely N-dealkylation sites (N-methyl/N-ethyl adjacent to an activating group) is 1. The Morgan fingerprint density at radius 3 is 2.57 bits per heavy atom. The van der Waals surface area contributed by atoms with Gasteiger partial charge in [0.1, 0.15) is 23.6 Å². The van der Waals surface area contributed by atoms with Crippen molar-refractivity contribution in [3.63, 3.8) is 0 Å². The van der Waals surface area contributed by atoms with Gasteiger partial charge in [0.05, 0.1) is 12.1 Å². The molecule has 1 N–H and O–H groups in total. The third-order valence-corrected chi connectivity index (χ3v) is 4.94. The molecular weight excluding hydrogens is 354 g/mol. The smallest absolute Gasteiger partial charge is 0.273 e. The Kier molecular flexibility index (Phi) is 4.93. The number of rotatable bonds is 4. The summed E-state index contributed by atoms with van der Waals surface area (Å²) in [6.07, 6.45) is 0.183. The highest BCUT2D eigenvalue weighted by Crippen LogP contribution is 2.25. The quantitative estimate of drug-likeness (QED) is 0.761. The van der Waals surface area contributed by atoms with E-state index in [0.717, 1.165) is 16.7 Å². The summed E-state index contributed by atoms with van der Waals surface area (Å²) in [4.78, 5) is 31.6. The fraction of sp³-hybridized carbons (Fsp3) is 0.227. The molecule has 0 spiro atoms. The van der Waals surface area contributed by atoms with Gasteiger partial charge < -0.3 is 15.0 Å². The summed E-state index contributed by atoms with van der Waals surface area (Å²) >= 11 is 0. The van der Waals surface area contributed by atoms with Crippen molar-refractivity contribution in [2.24, 2.45) is 0 Å². The highest BCUT2D eigenvalue weighted by atomic mass is 16.5. The lowest BCUT2D eigenvalue weighted by atomic mass is 10.1. The van der Waals surface area contributed by atoms with Gasteiger partial charge in [0.2, 0.25) is 5.91 Å². The lowest BCUT2D eigenvalue weighted by Gasteiger charge is -2.22. The summed E-state index contributed by atoms with van der Waals surface area (Å²) in [5, 5.41) is 3.61. The molecule has 0 saturated carbocycles. The number of carbonyl (C=O) groups excluding carboxylic acids is 2. The van der Waals surface area contributed by atoms with Gasteiger partial charge in [0.25, 0.3) is 5.91 Å². The van der Waals surface area contributed by atoms with E-state index in [1.54, 1.807) is 18.0 Å². The summed E-state index contributed by atoms with van der Waals surface area (Å²) < 4.78 is 5.99. The van der Waals surface area contributed by atoms with E-state index in [-0.39, 0.29) is 17.9 Å². The van der Waals surface area contributed by atoms with Crippen LogP contribution in [0.2, 0.25) is 0 Å². The number of nitrogens with one attached hydrogen (secondary N) is 1. The van der Waals surface area contributed by atoms with Crippen LogP contribution in [0.15, 0.2) is 66.7 Å². The number of carbonyl (C=O) groups is 2. The molecule has 2 unspecified atom stereocenters. The van der Waals surface area contributed by atoms with E-state index >= 15 is 0 Å². The maximum Gasteiger partial charge on any atom is 0.273 e. The minimum Gasteiger partial charge on any atom is -0.488 e. The van der Waals surface area contributed by atoms with Gasteiger partial charge in [-0.25, -0.2) is 4.98 Å². The monoisotopic (exact) mass is 375 g/mol. The number of likely N-dealkylation sites (tertiary alicyclic amines) is 1. The van der Waals surface area contributed by atoms with Crippen LogP contribution in [0.1, 0.15) is 16.9 Å². The van der Waals surface area contributed by atoms with Crippen molar-refractivity contribution in [3.05, 3.63) is 72.4 Å². The molecule has 6 heteroatoms. The van der Waals surface area contributed by atoms with Gasteiger partial charge in [-0.1, -0.05) is 42.5 Å². The molecule has 1 aromatic heterocycles. The van der Waals surface area contributed by atoms with Gasteiger partial charge in [0.15, 0.2) is 0 Å². The van der Waals surface area contributed by atoms with Crippen molar-refractivity contribution in [1.29, 1.82) is 0 Å². The van der Waals surface area contributed by atoms with Crippen LogP contribution in [0.25, 0.3) is 10.9 Å². The lowest BCUT2D eigenvalue weighted by Crippen LogP contribution is -2.45. The van der Waals surface area contributed by atoms with E-state index in [2.05, 4.69) is 10.3 Å². The van der Waals surface area contributed by atoms with Crippen LogP contribution in [0.3, 0.4) is 0 Å². The largest absolute Gasteiger partial charge is 0.488 e. The second-order valence-electron chi connectivity index (χ2n) is 6.77. The van der Waals surface area contributed by atoms with Crippen LogP contribution >= 0.6 is 0 Å². The summed E-state index contributed by atoms with van der Waals surface area (Å²) in [5.74, 6) is 0.258. The number of nitrogens with zero attached hydrogens (tertiary/aromatic N) is 2. The Balaban J connectivity index is 1.59. The van der Waals surface area contributed by atoms with Crippen molar-refractivity contribution in [1.82, 2.24) is 15.2 Å². The zero-order valence-corrected chi connectivity index (χ0v) is 15.5. The SMILES string of the molecule is CNC(=O)C1CC(Oc2ccccc2)CN1C(=O)c1ccc2ccccc2n1. The summed E-state index contributed by atoms with van der Waals surface area (Å²) in [6, 6.07) is 20.1. The van der Waals surface area contributed by atoms with Gasteiger partial charge in [-0.15, -0.1) is 0 Å². The van der Waals surface area contributed by atoms with E-state index in [1.807, 2.05) is 60.7 Å². The predicted octanol–water partition coefficient (Wildman–Crippen LogP) is 2.64. The first-order valence-electron chi connectivity index (χ1n) is 9.26. The molecule has 2 heterocycles. The molecule has 28 heavy (non-hydrogen) atoms.